The molecule has 0 spiro atoms. The van der Waals surface area contributed by atoms with Crippen molar-refractivity contribution in [2.45, 2.75) is 38.4 Å². The van der Waals surface area contributed by atoms with Crippen molar-refractivity contribution in [1.82, 2.24) is 19.3 Å². The quantitative estimate of drug-likeness (QED) is 0.459. The molecule has 12 heteroatoms. The second-order valence-corrected chi connectivity index (χ2v) is 9.81. The van der Waals surface area contributed by atoms with Crippen LogP contribution in [0.25, 0.3) is 22.3 Å². The zero-order valence-electron chi connectivity index (χ0n) is 19.7. The number of aromatic nitrogens is 3. The molecule has 1 aromatic carbocycles. The lowest BCUT2D eigenvalue weighted by Gasteiger charge is -2.30. The summed E-state index contributed by atoms with van der Waals surface area (Å²) in [6.07, 6.45) is 3.90. The number of ether oxygens (including phenoxy) is 2. The Kier molecular flexibility index (Phi) is 8.67. The Morgan fingerprint density at radius 2 is 1.89 bits per heavy atom. The molecule has 3 heterocycles. The maximum absolute atomic E-state index is 11.7. The Balaban J connectivity index is 0.00000342. The summed E-state index contributed by atoms with van der Waals surface area (Å²) in [5.41, 5.74) is 2.58. The number of hydrogen-bond donors (Lipinski definition) is 2. The summed E-state index contributed by atoms with van der Waals surface area (Å²) in [7, 11) is -3.80. The highest BCUT2D eigenvalue weighted by Crippen LogP contribution is 2.32. The van der Waals surface area contributed by atoms with Crippen LogP contribution in [0.5, 0.6) is 5.88 Å². The molecule has 0 aliphatic carbocycles. The van der Waals surface area contributed by atoms with Gasteiger partial charge in [0.25, 0.3) is 10.2 Å². The van der Waals surface area contributed by atoms with Gasteiger partial charge in [0.05, 0.1) is 23.4 Å². The van der Waals surface area contributed by atoms with E-state index in [1.807, 2.05) is 44.2 Å². The fraction of sp³-hybridized carbons (Fsp3) is 0.435. The third-order valence-corrected chi connectivity index (χ3v) is 7.23. The standard InChI is InChI=1S/C23H29N5O5S.H2S/c1-3-23(29,4-2)17-7-5-16(6-8-17)19-13-20-21(26-10-9-25-20)22(27-19)33-15-18-14-28(11-12-32-18)34(24,30)31;/h5-10,13,18,29H,3-4,11-12,14-15H2,1-2H3,(H2,24,30,31);1H2/t18-;/m0./s1. The average Bonchev–Trinajstić information content (AvgIpc) is 2.86. The number of benzene rings is 1. The van der Waals surface area contributed by atoms with Crippen molar-refractivity contribution in [3.05, 3.63) is 48.3 Å². The smallest absolute Gasteiger partial charge is 0.277 e. The zero-order valence-corrected chi connectivity index (χ0v) is 21.5. The molecule has 0 bridgehead atoms. The van der Waals surface area contributed by atoms with Crippen LogP contribution in [-0.2, 0) is 20.5 Å². The Labute approximate surface area is 212 Å². The molecule has 0 unspecified atom stereocenters. The molecule has 0 radical (unpaired) electrons. The summed E-state index contributed by atoms with van der Waals surface area (Å²) < 4.78 is 36.1. The number of aliphatic hydroxyl groups is 1. The predicted molar refractivity (Wildman–Crippen MR) is 138 cm³/mol. The summed E-state index contributed by atoms with van der Waals surface area (Å²) in [4.78, 5) is 13.4. The number of pyridine rings is 1. The van der Waals surface area contributed by atoms with Crippen molar-refractivity contribution >= 4 is 34.7 Å². The van der Waals surface area contributed by atoms with Crippen LogP contribution in [0.1, 0.15) is 32.3 Å². The van der Waals surface area contributed by atoms with E-state index in [0.717, 1.165) is 11.1 Å². The van der Waals surface area contributed by atoms with E-state index in [2.05, 4.69) is 15.0 Å². The molecule has 1 saturated heterocycles. The molecule has 3 N–H and O–H groups in total. The van der Waals surface area contributed by atoms with Crippen LogP contribution in [-0.4, -0.2) is 65.2 Å². The Hall–Kier alpha value is -2.35. The van der Waals surface area contributed by atoms with E-state index >= 15 is 0 Å². The van der Waals surface area contributed by atoms with Crippen LogP contribution in [0, 0.1) is 0 Å². The molecular formula is C23H31N5O5S2. The molecule has 1 aliphatic heterocycles. The number of nitrogens with two attached hydrogens (primary N) is 1. The first-order valence-electron chi connectivity index (χ1n) is 11.2. The normalized spacial score (nSPS) is 17.2. The maximum Gasteiger partial charge on any atom is 0.277 e. The van der Waals surface area contributed by atoms with Crippen molar-refractivity contribution in [2.24, 2.45) is 5.14 Å². The van der Waals surface area contributed by atoms with E-state index in [1.165, 1.54) is 4.31 Å². The summed E-state index contributed by atoms with van der Waals surface area (Å²) in [5, 5.41) is 16.0. The van der Waals surface area contributed by atoms with Gasteiger partial charge in [-0.15, -0.1) is 0 Å². The summed E-state index contributed by atoms with van der Waals surface area (Å²) in [6, 6.07) is 9.46. The summed E-state index contributed by atoms with van der Waals surface area (Å²) >= 11 is 0. The van der Waals surface area contributed by atoms with Gasteiger partial charge in [-0.25, -0.2) is 15.1 Å². The van der Waals surface area contributed by atoms with Crippen LogP contribution in [0.3, 0.4) is 0 Å². The van der Waals surface area contributed by atoms with E-state index in [-0.39, 0.29) is 45.7 Å². The second-order valence-electron chi connectivity index (χ2n) is 8.26. The van der Waals surface area contributed by atoms with E-state index in [1.54, 1.807) is 12.4 Å². The van der Waals surface area contributed by atoms with Crippen LogP contribution in [0.4, 0.5) is 0 Å². The topological polar surface area (TPSA) is 141 Å². The Morgan fingerprint density at radius 1 is 1.20 bits per heavy atom. The van der Waals surface area contributed by atoms with E-state index in [4.69, 9.17) is 14.6 Å². The van der Waals surface area contributed by atoms with Gasteiger partial charge < -0.3 is 14.6 Å². The largest absolute Gasteiger partial charge is 0.473 e. The average molecular weight is 522 g/mol. The number of nitrogens with zero attached hydrogens (tertiary/aromatic N) is 4. The van der Waals surface area contributed by atoms with Gasteiger partial charge in [0, 0.05) is 31.0 Å². The summed E-state index contributed by atoms with van der Waals surface area (Å²) in [5.74, 6) is 0.277. The lowest BCUT2D eigenvalue weighted by atomic mass is 9.88. The van der Waals surface area contributed by atoms with Crippen LogP contribution >= 0.6 is 13.5 Å². The van der Waals surface area contributed by atoms with Gasteiger partial charge in [-0.2, -0.15) is 26.2 Å². The zero-order chi connectivity index (χ0) is 24.3. The van der Waals surface area contributed by atoms with Crippen molar-refractivity contribution in [2.75, 3.05) is 26.3 Å². The fourth-order valence-corrected chi connectivity index (χ4v) is 4.70. The molecule has 2 aromatic heterocycles. The highest BCUT2D eigenvalue weighted by molar-refractivity contribution is 7.86. The number of fused-ring (bicyclic) bond motifs is 1. The minimum atomic E-state index is -3.80. The van der Waals surface area contributed by atoms with Gasteiger partial charge in [0.1, 0.15) is 12.7 Å². The van der Waals surface area contributed by atoms with Crippen LogP contribution in [0.2, 0.25) is 0 Å². The molecule has 1 fully saturated rings. The van der Waals surface area contributed by atoms with Gasteiger partial charge in [-0.1, -0.05) is 38.1 Å². The maximum atomic E-state index is 11.7. The molecular weight excluding hydrogens is 490 g/mol. The van der Waals surface area contributed by atoms with Crippen LogP contribution < -0.4 is 9.88 Å². The van der Waals surface area contributed by atoms with Crippen molar-refractivity contribution < 1.29 is 23.0 Å². The Morgan fingerprint density at radius 3 is 2.54 bits per heavy atom. The second kappa shape index (κ2) is 11.1. The third kappa shape index (κ3) is 6.08. The highest BCUT2D eigenvalue weighted by Gasteiger charge is 2.28. The SMILES string of the molecule is CCC(O)(CC)c1ccc(-c2cc3nccnc3c(OC[C@@H]3CN(S(N)(=O)=O)CCO3)n2)cc1.S. The van der Waals surface area contributed by atoms with Crippen LogP contribution in [0.15, 0.2) is 42.7 Å². The van der Waals surface area contributed by atoms with Gasteiger partial charge in [-0.3, -0.25) is 4.98 Å². The van der Waals surface area contributed by atoms with Crippen molar-refractivity contribution in [3.63, 3.8) is 0 Å². The Bertz CT molecular complexity index is 1250. The predicted octanol–water partition coefficient (Wildman–Crippen LogP) is 2.10. The minimum Gasteiger partial charge on any atom is -0.473 e. The number of hydrogen-bond acceptors (Lipinski definition) is 8. The third-order valence-electron chi connectivity index (χ3n) is 6.18. The molecule has 190 valence electrons. The molecule has 1 aliphatic rings. The molecule has 4 rings (SSSR count). The van der Waals surface area contributed by atoms with Gasteiger partial charge in [0.15, 0.2) is 5.52 Å². The first-order chi connectivity index (χ1) is 16.2. The molecule has 3 aromatic rings. The first kappa shape index (κ1) is 27.2. The fourth-order valence-electron chi connectivity index (χ4n) is 4.00. The molecule has 0 saturated carbocycles. The van der Waals surface area contributed by atoms with Gasteiger partial charge >= 0.3 is 0 Å². The van der Waals surface area contributed by atoms with E-state index in [0.29, 0.717) is 29.6 Å². The van der Waals surface area contributed by atoms with Crippen molar-refractivity contribution in [3.8, 4) is 17.1 Å². The first-order valence-corrected chi connectivity index (χ1v) is 12.7. The minimum absolute atomic E-state index is 0. The van der Waals surface area contributed by atoms with E-state index in [9.17, 15) is 13.5 Å². The number of morpholine rings is 1. The highest BCUT2D eigenvalue weighted by atomic mass is 32.2. The lowest BCUT2D eigenvalue weighted by Crippen LogP contribution is -2.49. The van der Waals surface area contributed by atoms with E-state index < -0.39 is 21.9 Å². The molecule has 1 atom stereocenters. The molecule has 35 heavy (non-hydrogen) atoms. The number of rotatable bonds is 8. The molecule has 0 amide bonds. The molecule has 10 nitrogen and oxygen atoms in total. The van der Waals surface area contributed by atoms with Crippen molar-refractivity contribution in [1.29, 1.82) is 0 Å². The van der Waals surface area contributed by atoms with Gasteiger partial charge in [0.2, 0.25) is 5.88 Å². The lowest BCUT2D eigenvalue weighted by molar-refractivity contribution is -0.0254. The van der Waals surface area contributed by atoms with Gasteiger partial charge in [-0.05, 0) is 24.5 Å². The summed E-state index contributed by atoms with van der Waals surface area (Å²) in [6.45, 7) is 4.53. The monoisotopic (exact) mass is 521 g/mol.